The topological polar surface area (TPSA) is 75.7 Å². The van der Waals surface area contributed by atoms with Gasteiger partial charge in [0, 0.05) is 22.7 Å². The summed E-state index contributed by atoms with van der Waals surface area (Å²) in [5.41, 5.74) is 0.967. The zero-order valence-corrected chi connectivity index (χ0v) is 16.4. The summed E-state index contributed by atoms with van der Waals surface area (Å²) in [5, 5.41) is 0. The highest BCUT2D eigenvalue weighted by atomic mass is 32.2. The van der Waals surface area contributed by atoms with Crippen molar-refractivity contribution in [3.63, 3.8) is 0 Å². The number of aryl methyl sites for hydroxylation is 1. The van der Waals surface area contributed by atoms with Crippen LogP contribution < -0.4 is 4.72 Å². The Balaban J connectivity index is 1.72. The molecule has 6 nitrogen and oxygen atoms in total. The van der Waals surface area contributed by atoms with E-state index in [-0.39, 0.29) is 16.2 Å². The fourth-order valence-electron chi connectivity index (χ4n) is 2.77. The number of nitrogens with zero attached hydrogens (tertiary/aromatic N) is 1. The monoisotopic (exact) mass is 394 g/mol. The Morgan fingerprint density at radius 3 is 2.62 bits per heavy atom. The molecular formula is C18H22N2O4S2. The van der Waals surface area contributed by atoms with Gasteiger partial charge in [0.05, 0.1) is 19.3 Å². The van der Waals surface area contributed by atoms with Gasteiger partial charge in [0.15, 0.2) is 0 Å². The molecule has 1 aliphatic rings. The van der Waals surface area contributed by atoms with Crippen LogP contribution >= 0.6 is 11.3 Å². The van der Waals surface area contributed by atoms with E-state index in [1.807, 2.05) is 19.9 Å². The molecule has 1 aromatic carbocycles. The van der Waals surface area contributed by atoms with Gasteiger partial charge in [-0.15, -0.1) is 11.3 Å². The summed E-state index contributed by atoms with van der Waals surface area (Å²) in [5.74, 6) is -0.0685. The van der Waals surface area contributed by atoms with Crippen molar-refractivity contribution >= 4 is 33.0 Å². The van der Waals surface area contributed by atoms with Gasteiger partial charge in [-0.3, -0.25) is 9.52 Å². The Labute approximate surface area is 157 Å². The lowest BCUT2D eigenvalue weighted by atomic mass is 10.1. The molecule has 1 atom stereocenters. The van der Waals surface area contributed by atoms with Crippen molar-refractivity contribution in [1.29, 1.82) is 0 Å². The second-order valence-corrected chi connectivity index (χ2v) is 9.26. The number of carbonyl (C=O) groups is 1. The predicted molar refractivity (Wildman–Crippen MR) is 102 cm³/mol. The van der Waals surface area contributed by atoms with Crippen LogP contribution in [0.1, 0.15) is 29.1 Å². The van der Waals surface area contributed by atoms with Crippen LogP contribution in [-0.4, -0.2) is 45.0 Å². The van der Waals surface area contributed by atoms with Crippen LogP contribution in [0, 0.1) is 0 Å². The third-order valence-corrected chi connectivity index (χ3v) is 7.37. The molecule has 1 N–H and O–H groups in total. The van der Waals surface area contributed by atoms with Gasteiger partial charge in [-0.25, -0.2) is 8.42 Å². The molecule has 1 saturated heterocycles. The molecule has 2 aromatic rings. The third kappa shape index (κ3) is 4.08. The molecule has 140 valence electrons. The van der Waals surface area contributed by atoms with Gasteiger partial charge in [-0.1, -0.05) is 6.92 Å². The summed E-state index contributed by atoms with van der Waals surface area (Å²) in [6.07, 6.45) is 0.803. The molecular weight excluding hydrogens is 372 g/mol. The van der Waals surface area contributed by atoms with Crippen LogP contribution in [0.2, 0.25) is 0 Å². The lowest BCUT2D eigenvalue weighted by Gasteiger charge is -2.33. The summed E-state index contributed by atoms with van der Waals surface area (Å²) >= 11 is 1.26. The highest BCUT2D eigenvalue weighted by molar-refractivity contribution is 7.94. The molecule has 1 aliphatic heterocycles. The first kappa shape index (κ1) is 18.9. The van der Waals surface area contributed by atoms with Gasteiger partial charge in [-0.05, 0) is 49.7 Å². The molecule has 1 amide bonds. The van der Waals surface area contributed by atoms with E-state index in [9.17, 15) is 13.2 Å². The average Bonchev–Trinajstić information content (AvgIpc) is 3.12. The fourth-order valence-corrected chi connectivity index (χ4v) is 5.13. The molecule has 0 bridgehead atoms. The molecule has 26 heavy (non-hydrogen) atoms. The Hall–Kier alpha value is -1.90. The molecule has 0 aliphatic carbocycles. The predicted octanol–water partition coefficient (Wildman–Crippen LogP) is 2.97. The summed E-state index contributed by atoms with van der Waals surface area (Å²) in [4.78, 5) is 15.4. The summed E-state index contributed by atoms with van der Waals surface area (Å²) in [6.45, 7) is 5.57. The van der Waals surface area contributed by atoms with E-state index in [0.717, 1.165) is 11.3 Å². The molecule has 1 aromatic heterocycles. The highest BCUT2D eigenvalue weighted by Crippen LogP contribution is 2.24. The van der Waals surface area contributed by atoms with Gasteiger partial charge in [0.1, 0.15) is 4.21 Å². The Morgan fingerprint density at radius 1 is 1.27 bits per heavy atom. The molecule has 2 heterocycles. The third-order valence-electron chi connectivity index (χ3n) is 4.26. The summed E-state index contributed by atoms with van der Waals surface area (Å²) in [7, 11) is -3.61. The highest BCUT2D eigenvalue weighted by Gasteiger charge is 2.25. The summed E-state index contributed by atoms with van der Waals surface area (Å²) < 4.78 is 33.1. The number of nitrogens with one attached hydrogen (secondary N) is 1. The zero-order valence-electron chi connectivity index (χ0n) is 14.8. The van der Waals surface area contributed by atoms with Crippen molar-refractivity contribution in [3.05, 3.63) is 46.8 Å². The van der Waals surface area contributed by atoms with E-state index in [4.69, 9.17) is 4.74 Å². The first-order valence-electron chi connectivity index (χ1n) is 8.51. The van der Waals surface area contributed by atoms with E-state index in [1.54, 1.807) is 35.2 Å². The summed E-state index contributed by atoms with van der Waals surface area (Å²) in [6, 6.07) is 9.99. The van der Waals surface area contributed by atoms with E-state index in [1.165, 1.54) is 11.3 Å². The lowest BCUT2D eigenvalue weighted by molar-refractivity contribution is 0.00359. The lowest BCUT2D eigenvalue weighted by Crippen LogP contribution is -2.47. The first-order valence-corrected chi connectivity index (χ1v) is 10.8. The molecule has 0 spiro atoms. The van der Waals surface area contributed by atoms with Crippen molar-refractivity contribution in [2.75, 3.05) is 24.5 Å². The van der Waals surface area contributed by atoms with Crippen molar-refractivity contribution in [1.82, 2.24) is 4.90 Å². The number of anilines is 1. The number of morpholine rings is 1. The maximum Gasteiger partial charge on any atom is 0.271 e. The van der Waals surface area contributed by atoms with Crippen LogP contribution in [0.15, 0.2) is 40.6 Å². The first-order chi connectivity index (χ1) is 12.4. The quantitative estimate of drug-likeness (QED) is 0.846. The van der Waals surface area contributed by atoms with Crippen LogP contribution in [0.4, 0.5) is 5.69 Å². The number of ether oxygens (including phenoxy) is 1. The number of hydrogen-bond donors (Lipinski definition) is 1. The Morgan fingerprint density at radius 2 is 2.00 bits per heavy atom. The van der Waals surface area contributed by atoms with E-state index >= 15 is 0 Å². The number of hydrogen-bond acceptors (Lipinski definition) is 5. The second kappa shape index (κ2) is 7.77. The molecule has 8 heteroatoms. The van der Waals surface area contributed by atoms with Crippen molar-refractivity contribution in [3.8, 4) is 0 Å². The van der Waals surface area contributed by atoms with Crippen LogP contribution in [-0.2, 0) is 21.2 Å². The van der Waals surface area contributed by atoms with Crippen LogP contribution in [0.3, 0.4) is 0 Å². The normalized spacial score (nSPS) is 17.9. The number of thiophene rings is 1. The maximum absolute atomic E-state index is 12.6. The maximum atomic E-state index is 12.6. The number of benzene rings is 1. The fraction of sp³-hybridized carbons (Fsp3) is 0.389. The van der Waals surface area contributed by atoms with Gasteiger partial charge in [0.25, 0.3) is 15.9 Å². The van der Waals surface area contributed by atoms with E-state index in [0.29, 0.717) is 31.0 Å². The second-order valence-electron chi connectivity index (χ2n) is 6.18. The Bertz CT molecular complexity index is 875. The molecule has 1 fully saturated rings. The zero-order chi connectivity index (χ0) is 18.7. The minimum atomic E-state index is -3.61. The standard InChI is InChI=1S/C18H22N2O4S2/c1-3-16-8-9-17(25-16)26(22,23)19-15-6-4-14(5-7-15)18(21)20-10-11-24-12-13(20)2/h4-9,13,19H,3,10-12H2,1-2H3. The molecule has 0 radical (unpaired) electrons. The Kier molecular flexibility index (Phi) is 5.64. The molecule has 0 saturated carbocycles. The molecule has 3 rings (SSSR count). The van der Waals surface area contributed by atoms with Crippen molar-refractivity contribution < 1.29 is 17.9 Å². The van der Waals surface area contributed by atoms with Crippen LogP contribution in [0.5, 0.6) is 0 Å². The number of sulfonamides is 1. The van der Waals surface area contributed by atoms with Gasteiger partial charge < -0.3 is 9.64 Å². The average molecular weight is 395 g/mol. The number of carbonyl (C=O) groups excluding carboxylic acids is 1. The largest absolute Gasteiger partial charge is 0.377 e. The smallest absolute Gasteiger partial charge is 0.271 e. The van der Waals surface area contributed by atoms with E-state index in [2.05, 4.69) is 4.72 Å². The van der Waals surface area contributed by atoms with E-state index < -0.39 is 10.0 Å². The number of amides is 1. The van der Waals surface area contributed by atoms with Crippen molar-refractivity contribution in [2.45, 2.75) is 30.5 Å². The van der Waals surface area contributed by atoms with Gasteiger partial charge >= 0.3 is 0 Å². The SMILES string of the molecule is CCc1ccc(S(=O)(=O)Nc2ccc(C(=O)N3CCOCC3C)cc2)s1. The van der Waals surface area contributed by atoms with Gasteiger partial charge in [0.2, 0.25) is 0 Å². The number of rotatable bonds is 5. The molecule has 1 unspecified atom stereocenters. The van der Waals surface area contributed by atoms with Gasteiger partial charge in [-0.2, -0.15) is 0 Å². The van der Waals surface area contributed by atoms with Crippen molar-refractivity contribution in [2.24, 2.45) is 0 Å². The minimum Gasteiger partial charge on any atom is -0.377 e. The minimum absolute atomic E-state index is 0.0287. The van der Waals surface area contributed by atoms with Crippen LogP contribution in [0.25, 0.3) is 0 Å².